The maximum atomic E-state index is 5.63. The summed E-state index contributed by atoms with van der Waals surface area (Å²) in [6.45, 7) is 3.68. The van der Waals surface area contributed by atoms with Crippen molar-refractivity contribution in [3.05, 3.63) is 35.5 Å². The molecule has 21 heavy (non-hydrogen) atoms. The van der Waals surface area contributed by atoms with Gasteiger partial charge in [0.05, 0.1) is 38.3 Å². The zero-order valence-corrected chi connectivity index (χ0v) is 12.0. The maximum Gasteiger partial charge on any atom is 0.157 e. The lowest BCUT2D eigenvalue weighted by molar-refractivity contribution is 0.0215. The highest BCUT2D eigenvalue weighted by molar-refractivity contribution is 5.37. The van der Waals surface area contributed by atoms with Gasteiger partial charge in [-0.1, -0.05) is 5.92 Å². The van der Waals surface area contributed by atoms with Gasteiger partial charge in [-0.15, -0.1) is 6.42 Å². The number of rotatable bonds is 0. The van der Waals surface area contributed by atoms with Crippen LogP contribution in [0.4, 0.5) is 0 Å². The van der Waals surface area contributed by atoms with Crippen LogP contribution < -0.4 is 0 Å². The molecule has 0 unspecified atom stereocenters. The summed E-state index contributed by atoms with van der Waals surface area (Å²) in [6, 6.07) is 0. The normalized spacial score (nSPS) is 25.4. The fourth-order valence-corrected chi connectivity index (χ4v) is 1.83. The smallest absolute Gasteiger partial charge is 0.157 e. The van der Waals surface area contributed by atoms with Gasteiger partial charge < -0.3 is 23.7 Å². The number of ether oxygens (including phenoxy) is 5. The first kappa shape index (κ1) is 15.5. The van der Waals surface area contributed by atoms with E-state index in [1.807, 2.05) is 0 Å². The van der Waals surface area contributed by atoms with E-state index in [9.17, 15) is 0 Å². The number of hydrogen-bond donors (Lipinski definition) is 0. The Hall–Kier alpha value is -1.90. The quantitative estimate of drug-likeness (QED) is 0.637. The van der Waals surface area contributed by atoms with Crippen molar-refractivity contribution in [3.63, 3.8) is 0 Å². The molecule has 5 heteroatoms. The molecule has 0 fully saturated rings. The van der Waals surface area contributed by atoms with Gasteiger partial charge in [-0.2, -0.15) is 0 Å². The fraction of sp³-hybridized carbons (Fsp3) is 0.500. The van der Waals surface area contributed by atoms with Crippen molar-refractivity contribution in [2.45, 2.75) is 6.42 Å². The van der Waals surface area contributed by atoms with Crippen LogP contribution in [-0.2, 0) is 23.7 Å². The molecule has 2 heterocycles. The van der Waals surface area contributed by atoms with E-state index in [0.717, 1.165) is 5.76 Å². The molecular weight excluding hydrogens is 272 g/mol. The van der Waals surface area contributed by atoms with Gasteiger partial charge in [-0.25, -0.2) is 0 Å². The predicted molar refractivity (Wildman–Crippen MR) is 77.2 cm³/mol. The van der Waals surface area contributed by atoms with Gasteiger partial charge in [0.15, 0.2) is 5.76 Å². The van der Waals surface area contributed by atoms with Crippen molar-refractivity contribution in [1.29, 1.82) is 0 Å². The zero-order valence-electron chi connectivity index (χ0n) is 12.0. The Morgan fingerprint density at radius 1 is 0.857 bits per heavy atom. The molecule has 0 aliphatic carbocycles. The molecule has 2 aliphatic heterocycles. The van der Waals surface area contributed by atoms with Crippen LogP contribution in [0.1, 0.15) is 6.42 Å². The summed E-state index contributed by atoms with van der Waals surface area (Å²) in [7, 11) is 0. The summed E-state index contributed by atoms with van der Waals surface area (Å²) in [5.41, 5.74) is 0.627. The van der Waals surface area contributed by atoms with Gasteiger partial charge in [-0.3, -0.25) is 0 Å². The van der Waals surface area contributed by atoms with Crippen molar-refractivity contribution in [2.24, 2.45) is 0 Å². The van der Waals surface area contributed by atoms with E-state index in [-0.39, 0.29) is 0 Å². The summed E-state index contributed by atoms with van der Waals surface area (Å²) >= 11 is 0. The Morgan fingerprint density at radius 3 is 2.48 bits per heavy atom. The summed E-state index contributed by atoms with van der Waals surface area (Å²) in [4.78, 5) is 0. The van der Waals surface area contributed by atoms with Crippen molar-refractivity contribution in [2.75, 3.05) is 46.2 Å². The van der Waals surface area contributed by atoms with E-state index in [0.29, 0.717) is 64.0 Å². The van der Waals surface area contributed by atoms with Gasteiger partial charge >= 0.3 is 0 Å². The lowest BCUT2D eigenvalue weighted by atomic mass is 10.2. The van der Waals surface area contributed by atoms with Crippen LogP contribution in [0.5, 0.6) is 0 Å². The number of hydrogen-bond acceptors (Lipinski definition) is 5. The van der Waals surface area contributed by atoms with E-state index in [1.165, 1.54) is 0 Å². The standard InChI is InChI=1S/C16H20O5/c1-2-14-3-4-15-16(21-12-11-20-15)5-6-17-7-8-18-9-10-19-13-14/h1,3-4,13H,5-12H2/b4-3-,14-13-. The van der Waals surface area contributed by atoms with Gasteiger partial charge in [0.2, 0.25) is 0 Å². The minimum absolute atomic E-state index is 0.451. The molecule has 0 bridgehead atoms. The molecule has 0 aromatic carbocycles. The first-order chi connectivity index (χ1) is 10.4. The molecule has 2 aliphatic rings. The molecular formula is C16H20O5. The monoisotopic (exact) mass is 292 g/mol. The topological polar surface area (TPSA) is 46.2 Å². The van der Waals surface area contributed by atoms with Gasteiger partial charge in [-0.05, 0) is 12.2 Å². The molecule has 0 saturated carbocycles. The van der Waals surface area contributed by atoms with E-state index in [2.05, 4.69) is 5.92 Å². The number of terminal acetylenes is 1. The molecule has 0 atom stereocenters. The minimum Gasteiger partial charge on any atom is -0.497 e. The Labute approximate surface area is 125 Å². The molecule has 0 amide bonds. The van der Waals surface area contributed by atoms with Crippen molar-refractivity contribution in [3.8, 4) is 12.3 Å². The highest BCUT2D eigenvalue weighted by Gasteiger charge is 2.13. The Kier molecular flexibility index (Phi) is 6.72. The molecule has 2 rings (SSSR count). The second kappa shape index (κ2) is 9.11. The minimum atomic E-state index is 0.451. The highest BCUT2D eigenvalue weighted by Crippen LogP contribution is 2.19. The third-order valence-corrected chi connectivity index (χ3v) is 2.87. The van der Waals surface area contributed by atoms with Crippen LogP contribution in [0.3, 0.4) is 0 Å². The second-order valence-electron chi connectivity index (χ2n) is 4.38. The van der Waals surface area contributed by atoms with E-state index in [1.54, 1.807) is 18.4 Å². The van der Waals surface area contributed by atoms with E-state index < -0.39 is 0 Å². The maximum absolute atomic E-state index is 5.63. The average molecular weight is 292 g/mol. The van der Waals surface area contributed by atoms with Gasteiger partial charge in [0.1, 0.15) is 25.6 Å². The Morgan fingerprint density at radius 2 is 1.62 bits per heavy atom. The van der Waals surface area contributed by atoms with Crippen molar-refractivity contribution in [1.82, 2.24) is 0 Å². The third-order valence-electron chi connectivity index (χ3n) is 2.87. The molecule has 0 radical (unpaired) electrons. The Balaban J connectivity index is 2.10. The van der Waals surface area contributed by atoms with Crippen molar-refractivity contribution < 1.29 is 23.7 Å². The van der Waals surface area contributed by atoms with Crippen LogP contribution in [-0.4, -0.2) is 46.2 Å². The average Bonchev–Trinajstić information content (AvgIpc) is 2.53. The largest absolute Gasteiger partial charge is 0.497 e. The van der Waals surface area contributed by atoms with E-state index >= 15 is 0 Å². The molecule has 0 aromatic rings. The highest BCUT2D eigenvalue weighted by atomic mass is 16.6. The van der Waals surface area contributed by atoms with Gasteiger partial charge in [0.25, 0.3) is 0 Å². The lowest BCUT2D eigenvalue weighted by Crippen LogP contribution is -2.15. The molecule has 0 spiro atoms. The molecule has 5 nitrogen and oxygen atoms in total. The van der Waals surface area contributed by atoms with E-state index in [4.69, 9.17) is 30.1 Å². The summed E-state index contributed by atoms with van der Waals surface area (Å²) in [6.07, 6.45) is 11.2. The van der Waals surface area contributed by atoms with Crippen molar-refractivity contribution >= 4 is 0 Å². The second-order valence-corrected chi connectivity index (χ2v) is 4.38. The summed E-state index contributed by atoms with van der Waals surface area (Å²) < 4.78 is 27.4. The van der Waals surface area contributed by atoms with Crippen LogP contribution >= 0.6 is 0 Å². The van der Waals surface area contributed by atoms with Gasteiger partial charge in [0, 0.05) is 6.42 Å². The number of allylic oxidation sites excluding steroid dienone is 3. The molecule has 0 saturated heterocycles. The first-order valence-electron chi connectivity index (χ1n) is 7.01. The van der Waals surface area contributed by atoms with Crippen LogP contribution in [0.15, 0.2) is 35.5 Å². The molecule has 0 aromatic heterocycles. The first-order valence-corrected chi connectivity index (χ1v) is 7.01. The van der Waals surface area contributed by atoms with Crippen LogP contribution in [0.2, 0.25) is 0 Å². The fourth-order valence-electron chi connectivity index (χ4n) is 1.83. The molecule has 0 N–H and O–H groups in total. The predicted octanol–water partition coefficient (Wildman–Crippen LogP) is 1.77. The summed E-state index contributed by atoms with van der Waals surface area (Å²) in [5.74, 6) is 4.03. The zero-order chi connectivity index (χ0) is 14.8. The van der Waals surface area contributed by atoms with Crippen LogP contribution in [0, 0.1) is 12.3 Å². The summed E-state index contributed by atoms with van der Waals surface area (Å²) in [5, 5.41) is 0. The Bertz CT molecular complexity index is 456. The lowest BCUT2D eigenvalue weighted by Gasteiger charge is -2.20. The SMILES string of the molecule is C#CC1=C/OCCOCCOCCC2=C(/C=C\1)OCCO2. The van der Waals surface area contributed by atoms with Crippen LogP contribution in [0.25, 0.3) is 0 Å². The molecule has 114 valence electrons. The third kappa shape index (κ3) is 5.54.